The van der Waals surface area contributed by atoms with E-state index >= 15 is 0 Å². The maximum Gasteiger partial charge on any atom is 0.302 e. The van der Waals surface area contributed by atoms with Gasteiger partial charge in [0.05, 0.1) is 12.1 Å². The summed E-state index contributed by atoms with van der Waals surface area (Å²) in [6.45, 7) is 2.38. The van der Waals surface area contributed by atoms with Crippen molar-refractivity contribution in [2.75, 3.05) is 13.2 Å². The van der Waals surface area contributed by atoms with Crippen LogP contribution in [0.3, 0.4) is 0 Å². The van der Waals surface area contributed by atoms with Gasteiger partial charge >= 0.3 is 11.9 Å². The number of allylic oxidation sites excluding steroid dienone is 6. The van der Waals surface area contributed by atoms with Crippen LogP contribution < -0.4 is 0 Å². The largest absolute Gasteiger partial charge is 0.461 e. The Bertz CT molecular complexity index is 1080. The Labute approximate surface area is 180 Å². The fourth-order valence-corrected chi connectivity index (χ4v) is 5.28. The van der Waals surface area contributed by atoms with Crippen LogP contribution in [-0.2, 0) is 23.9 Å². The van der Waals surface area contributed by atoms with Crippen LogP contribution in [0.15, 0.2) is 46.1 Å². The smallest absolute Gasteiger partial charge is 0.302 e. The summed E-state index contributed by atoms with van der Waals surface area (Å²) < 4.78 is 10.5. The highest BCUT2D eigenvalue weighted by atomic mass is 16.5. The quantitative estimate of drug-likeness (QED) is 0.509. The maximum atomic E-state index is 12.9. The number of ketones is 1. The SMILES string of the molecule is CC(=O)OCC1=C2CC(C#N)(C#N)C3=CC4C=CC(C4)[C@@H]3C(COC(C)=O)=C2CC1=O. The lowest BCUT2D eigenvalue weighted by Crippen LogP contribution is -2.32. The molecule has 3 atom stereocenters. The molecule has 0 amide bonds. The van der Waals surface area contributed by atoms with Crippen molar-refractivity contribution in [3.8, 4) is 12.1 Å². The van der Waals surface area contributed by atoms with Crippen LogP contribution in [0.4, 0.5) is 0 Å². The normalized spacial score (nSPS) is 27.5. The molecule has 0 heterocycles. The van der Waals surface area contributed by atoms with Crippen LogP contribution in [0, 0.1) is 45.8 Å². The molecule has 0 saturated carbocycles. The molecule has 7 nitrogen and oxygen atoms in total. The molecule has 158 valence electrons. The van der Waals surface area contributed by atoms with Crippen LogP contribution in [0.5, 0.6) is 0 Å². The number of carbonyl (C=O) groups is 3. The fraction of sp³-hybridized carbons (Fsp3) is 0.458. The first-order valence-corrected chi connectivity index (χ1v) is 10.3. The summed E-state index contributed by atoms with van der Waals surface area (Å²) in [4.78, 5) is 35.8. The molecule has 0 saturated heterocycles. The number of carbonyl (C=O) groups excluding carboxylic acids is 3. The Morgan fingerprint density at radius 1 is 1.10 bits per heavy atom. The van der Waals surface area contributed by atoms with Crippen LogP contribution >= 0.6 is 0 Å². The Balaban J connectivity index is 1.94. The number of ether oxygens (including phenoxy) is 2. The predicted octanol–water partition coefficient (Wildman–Crippen LogP) is 2.86. The first-order valence-electron chi connectivity index (χ1n) is 10.3. The van der Waals surface area contributed by atoms with E-state index in [-0.39, 0.29) is 49.6 Å². The van der Waals surface area contributed by atoms with Crippen molar-refractivity contribution in [2.45, 2.75) is 33.1 Å². The van der Waals surface area contributed by atoms with Crippen molar-refractivity contribution in [1.82, 2.24) is 0 Å². The van der Waals surface area contributed by atoms with Crippen molar-refractivity contribution in [1.29, 1.82) is 10.5 Å². The third-order valence-electron chi connectivity index (χ3n) is 6.64. The van der Waals surface area contributed by atoms with E-state index in [0.717, 1.165) is 23.1 Å². The zero-order valence-electron chi connectivity index (χ0n) is 17.4. The maximum absolute atomic E-state index is 12.9. The number of rotatable bonds is 4. The highest BCUT2D eigenvalue weighted by Gasteiger charge is 2.51. The van der Waals surface area contributed by atoms with Gasteiger partial charge in [0.2, 0.25) is 0 Å². The molecule has 4 rings (SSSR count). The number of nitriles is 2. The van der Waals surface area contributed by atoms with Crippen LogP contribution in [0.25, 0.3) is 0 Å². The molecule has 0 fully saturated rings. The summed E-state index contributed by atoms with van der Waals surface area (Å²) in [5.74, 6) is -1.22. The molecule has 0 aromatic carbocycles. The zero-order valence-corrected chi connectivity index (χ0v) is 17.4. The predicted molar refractivity (Wildman–Crippen MR) is 108 cm³/mol. The third kappa shape index (κ3) is 3.41. The van der Waals surface area contributed by atoms with Gasteiger partial charge in [-0.25, -0.2) is 0 Å². The Morgan fingerprint density at radius 3 is 2.42 bits per heavy atom. The lowest BCUT2D eigenvalue weighted by atomic mass is 9.65. The second-order valence-electron chi connectivity index (χ2n) is 8.48. The van der Waals surface area contributed by atoms with Crippen molar-refractivity contribution in [3.05, 3.63) is 46.1 Å². The Morgan fingerprint density at radius 2 is 1.77 bits per heavy atom. The molecule has 2 bridgehead atoms. The average Bonchev–Trinajstić information content (AvgIpc) is 3.22. The molecule has 0 aromatic heterocycles. The van der Waals surface area contributed by atoms with Gasteiger partial charge in [-0.15, -0.1) is 0 Å². The summed E-state index contributed by atoms with van der Waals surface area (Å²) in [7, 11) is 0. The van der Waals surface area contributed by atoms with E-state index in [2.05, 4.69) is 24.3 Å². The molecule has 4 aliphatic rings. The number of nitrogens with zero attached hydrogens (tertiary/aromatic N) is 2. The number of esters is 2. The van der Waals surface area contributed by atoms with Gasteiger partial charge < -0.3 is 9.47 Å². The van der Waals surface area contributed by atoms with Crippen molar-refractivity contribution < 1.29 is 23.9 Å². The minimum Gasteiger partial charge on any atom is -0.461 e. The zero-order chi connectivity index (χ0) is 22.3. The topological polar surface area (TPSA) is 117 Å². The molecule has 2 unspecified atom stereocenters. The van der Waals surface area contributed by atoms with E-state index in [1.54, 1.807) is 0 Å². The van der Waals surface area contributed by atoms with Gasteiger partial charge in [0.15, 0.2) is 11.2 Å². The van der Waals surface area contributed by atoms with Gasteiger partial charge in [0.25, 0.3) is 0 Å². The first kappa shape index (κ1) is 20.8. The minimum absolute atomic E-state index is 0.00770. The van der Waals surface area contributed by atoms with E-state index in [0.29, 0.717) is 11.1 Å². The second-order valence-corrected chi connectivity index (χ2v) is 8.48. The molecule has 4 aliphatic carbocycles. The highest BCUT2D eigenvalue weighted by Crippen LogP contribution is 2.56. The summed E-state index contributed by atoms with van der Waals surface area (Å²) in [5, 5.41) is 20.3. The van der Waals surface area contributed by atoms with Crippen molar-refractivity contribution in [3.63, 3.8) is 0 Å². The van der Waals surface area contributed by atoms with E-state index < -0.39 is 17.4 Å². The van der Waals surface area contributed by atoms with Gasteiger partial charge in [-0.2, -0.15) is 10.5 Å². The summed E-state index contributed by atoms with van der Waals surface area (Å²) in [6, 6.07) is 4.46. The molecule has 0 N–H and O–H groups in total. The van der Waals surface area contributed by atoms with E-state index in [4.69, 9.17) is 9.47 Å². The number of hydrogen-bond acceptors (Lipinski definition) is 7. The molecule has 7 heteroatoms. The summed E-state index contributed by atoms with van der Waals surface area (Å²) in [5.41, 5.74) is 1.66. The van der Waals surface area contributed by atoms with Crippen molar-refractivity contribution in [2.24, 2.45) is 23.2 Å². The molecule has 0 aliphatic heterocycles. The Kier molecular flexibility index (Phi) is 5.15. The van der Waals surface area contributed by atoms with Gasteiger partial charge in [-0.3, -0.25) is 14.4 Å². The molecule has 0 spiro atoms. The Hall–Kier alpha value is -3.45. The average molecular weight is 418 g/mol. The number of hydrogen-bond donors (Lipinski definition) is 0. The molecular weight excluding hydrogens is 396 g/mol. The van der Waals surface area contributed by atoms with Gasteiger partial charge in [0, 0.05) is 38.2 Å². The van der Waals surface area contributed by atoms with Crippen LogP contribution in [-0.4, -0.2) is 30.9 Å². The summed E-state index contributed by atoms with van der Waals surface area (Å²) >= 11 is 0. The monoisotopic (exact) mass is 418 g/mol. The highest BCUT2D eigenvalue weighted by molar-refractivity contribution is 6.03. The summed E-state index contributed by atoms with van der Waals surface area (Å²) in [6.07, 6.45) is 7.16. The fourth-order valence-electron chi connectivity index (χ4n) is 5.28. The first-order chi connectivity index (χ1) is 14.8. The van der Waals surface area contributed by atoms with E-state index in [1.807, 2.05) is 6.08 Å². The van der Waals surface area contributed by atoms with E-state index in [9.17, 15) is 24.9 Å². The van der Waals surface area contributed by atoms with Gasteiger partial charge in [-0.05, 0) is 40.5 Å². The van der Waals surface area contributed by atoms with E-state index in [1.165, 1.54) is 13.8 Å². The van der Waals surface area contributed by atoms with Crippen LogP contribution in [0.2, 0.25) is 0 Å². The minimum atomic E-state index is -1.45. The van der Waals surface area contributed by atoms with Crippen molar-refractivity contribution >= 4 is 17.7 Å². The molecular formula is C24H22N2O5. The van der Waals surface area contributed by atoms with Gasteiger partial charge in [-0.1, -0.05) is 18.2 Å². The molecule has 31 heavy (non-hydrogen) atoms. The number of fused-ring (bicyclic) bond motifs is 5. The molecule has 0 aromatic rings. The second kappa shape index (κ2) is 7.67. The standard InChI is InChI=1S/C24H22N2O5/c1-13(27)30-9-19-18-8-24(11-25,12-26)21-6-15-3-4-16(5-15)23(21)20(10-31-14(2)28)17(18)7-22(19)29/h3-4,6,15-16,23H,5,7-10H2,1-2H3/t15?,16?,23-/m1/s1. The van der Waals surface area contributed by atoms with Gasteiger partial charge in [0.1, 0.15) is 13.2 Å². The third-order valence-corrected chi connectivity index (χ3v) is 6.64. The lowest BCUT2D eigenvalue weighted by molar-refractivity contribution is -0.141. The lowest BCUT2D eigenvalue weighted by Gasteiger charge is -2.36. The molecule has 0 radical (unpaired) electrons. The number of Topliss-reactive ketones (excluding diaryl/α,β-unsaturated/α-hetero) is 1. The van der Waals surface area contributed by atoms with Crippen LogP contribution in [0.1, 0.15) is 33.1 Å².